The molecule has 0 bridgehead atoms. The fourth-order valence-corrected chi connectivity index (χ4v) is 0.924. The monoisotopic (exact) mass is 195 g/mol. The van der Waals surface area contributed by atoms with Gasteiger partial charge < -0.3 is 5.11 Å². The third-order valence-electron chi connectivity index (χ3n) is 1.55. The summed E-state index contributed by atoms with van der Waals surface area (Å²) in [5.74, 6) is -0.904. The Morgan fingerprint density at radius 1 is 1.21 bits per heavy atom. The van der Waals surface area contributed by atoms with Crippen LogP contribution in [0.25, 0.3) is 0 Å². The van der Waals surface area contributed by atoms with Gasteiger partial charge in [-0.2, -0.15) is 5.53 Å². The van der Waals surface area contributed by atoms with Crippen LogP contribution in [-0.2, 0) is 11.3 Å². The molecule has 5 nitrogen and oxygen atoms in total. The van der Waals surface area contributed by atoms with Crippen molar-refractivity contribution in [3.8, 4) is 0 Å². The average molecular weight is 195 g/mol. The van der Waals surface area contributed by atoms with Crippen LogP contribution in [0.4, 0.5) is 0 Å². The molecule has 4 N–H and O–H groups in total. The van der Waals surface area contributed by atoms with Crippen LogP contribution < -0.4 is 16.4 Å². The fraction of sp³-hybridized carbons (Fsp3) is 0.222. The van der Waals surface area contributed by atoms with Crippen molar-refractivity contribution in [2.24, 2.45) is 0 Å². The van der Waals surface area contributed by atoms with Gasteiger partial charge in [0.25, 0.3) is 0 Å². The minimum absolute atomic E-state index is 0.123. The summed E-state index contributed by atoms with van der Waals surface area (Å²) in [7, 11) is 0. The Bertz CT molecular complexity index is 277. The summed E-state index contributed by atoms with van der Waals surface area (Å²) < 4.78 is 0. The van der Waals surface area contributed by atoms with Crippen molar-refractivity contribution >= 4 is 5.97 Å². The number of hydrogen-bond donors (Lipinski definition) is 4. The second-order valence-corrected chi connectivity index (χ2v) is 2.71. The van der Waals surface area contributed by atoms with Crippen molar-refractivity contribution < 1.29 is 9.90 Å². The molecular formula is C9H13N3O2. The molecule has 0 saturated heterocycles. The fourth-order valence-electron chi connectivity index (χ4n) is 0.924. The number of carboxylic acid groups (broad SMARTS) is 1. The minimum Gasteiger partial charge on any atom is -0.480 e. The Morgan fingerprint density at radius 2 is 1.93 bits per heavy atom. The number of benzene rings is 1. The molecule has 14 heavy (non-hydrogen) atoms. The standard InChI is InChI=1S/C9H13N3O2/c13-9(14)7-11-12-10-6-8-4-2-1-3-5-8/h1-5,10-12H,6-7H2,(H,13,14). The van der Waals surface area contributed by atoms with E-state index < -0.39 is 5.97 Å². The van der Waals surface area contributed by atoms with Crippen LogP contribution in [0, 0.1) is 0 Å². The van der Waals surface area contributed by atoms with Gasteiger partial charge in [0.05, 0.1) is 0 Å². The number of carboxylic acids is 1. The molecular weight excluding hydrogens is 182 g/mol. The smallest absolute Gasteiger partial charge is 0.318 e. The molecule has 0 aliphatic heterocycles. The maximum Gasteiger partial charge on any atom is 0.318 e. The first kappa shape index (κ1) is 10.6. The van der Waals surface area contributed by atoms with Crippen LogP contribution in [0.5, 0.6) is 0 Å². The molecule has 0 fully saturated rings. The molecule has 76 valence electrons. The zero-order chi connectivity index (χ0) is 10.2. The summed E-state index contributed by atoms with van der Waals surface area (Å²) in [5, 5.41) is 8.30. The van der Waals surface area contributed by atoms with Crippen LogP contribution in [0.2, 0.25) is 0 Å². The predicted octanol–water partition coefficient (Wildman–Crippen LogP) is -0.130. The van der Waals surface area contributed by atoms with Crippen LogP contribution in [-0.4, -0.2) is 17.6 Å². The SMILES string of the molecule is O=C(O)CNNNCc1ccccc1. The molecule has 0 atom stereocenters. The molecule has 0 spiro atoms. The van der Waals surface area contributed by atoms with Crippen molar-refractivity contribution in [3.63, 3.8) is 0 Å². The lowest BCUT2D eigenvalue weighted by atomic mass is 10.2. The van der Waals surface area contributed by atoms with Crippen molar-refractivity contribution in [3.05, 3.63) is 35.9 Å². The Labute approximate surface area is 82.1 Å². The number of hydrogen-bond acceptors (Lipinski definition) is 4. The van der Waals surface area contributed by atoms with Gasteiger partial charge in [0.15, 0.2) is 0 Å². The summed E-state index contributed by atoms with van der Waals surface area (Å²) in [5.41, 5.74) is 9.03. The van der Waals surface area contributed by atoms with E-state index in [-0.39, 0.29) is 6.54 Å². The highest BCUT2D eigenvalue weighted by Crippen LogP contribution is 1.95. The van der Waals surface area contributed by atoms with Gasteiger partial charge in [-0.1, -0.05) is 30.3 Å². The van der Waals surface area contributed by atoms with Gasteiger partial charge in [-0.15, -0.1) is 0 Å². The average Bonchev–Trinajstić information content (AvgIpc) is 2.18. The van der Waals surface area contributed by atoms with Crippen LogP contribution >= 0.6 is 0 Å². The maximum absolute atomic E-state index is 10.1. The normalized spacial score (nSPS) is 10.0. The Balaban J connectivity index is 2.08. The van der Waals surface area contributed by atoms with Crippen LogP contribution in [0.3, 0.4) is 0 Å². The summed E-state index contributed by atoms with van der Waals surface area (Å²) >= 11 is 0. The summed E-state index contributed by atoms with van der Waals surface area (Å²) in [4.78, 5) is 10.1. The van der Waals surface area contributed by atoms with Gasteiger partial charge in [-0.25, -0.2) is 10.9 Å². The van der Waals surface area contributed by atoms with Crippen molar-refractivity contribution in [2.75, 3.05) is 6.54 Å². The second-order valence-electron chi connectivity index (χ2n) is 2.71. The lowest BCUT2D eigenvalue weighted by molar-refractivity contribution is -0.136. The van der Waals surface area contributed by atoms with Gasteiger partial charge in [0.1, 0.15) is 6.54 Å². The highest BCUT2D eigenvalue weighted by atomic mass is 16.4. The number of hydrazine groups is 2. The zero-order valence-electron chi connectivity index (χ0n) is 7.66. The van der Waals surface area contributed by atoms with Gasteiger partial charge >= 0.3 is 5.97 Å². The maximum atomic E-state index is 10.1. The molecule has 0 aliphatic carbocycles. The Morgan fingerprint density at radius 3 is 2.57 bits per heavy atom. The van der Waals surface area contributed by atoms with Crippen LogP contribution in [0.15, 0.2) is 30.3 Å². The van der Waals surface area contributed by atoms with E-state index in [0.29, 0.717) is 6.54 Å². The number of carbonyl (C=O) groups is 1. The lowest BCUT2D eigenvalue weighted by Crippen LogP contribution is -2.45. The van der Waals surface area contributed by atoms with E-state index in [4.69, 9.17) is 5.11 Å². The predicted molar refractivity (Wildman–Crippen MR) is 52.1 cm³/mol. The second kappa shape index (κ2) is 6.09. The Hall–Kier alpha value is -1.43. The van der Waals surface area contributed by atoms with Crippen molar-refractivity contribution in [1.82, 2.24) is 16.4 Å². The number of nitrogens with one attached hydrogen (secondary N) is 3. The number of rotatable bonds is 6. The van der Waals surface area contributed by atoms with Gasteiger partial charge in [0, 0.05) is 6.54 Å². The van der Waals surface area contributed by atoms with Gasteiger partial charge in [-0.3, -0.25) is 4.79 Å². The summed E-state index contributed by atoms with van der Waals surface area (Å²) in [6, 6.07) is 9.79. The molecule has 5 heteroatoms. The molecule has 0 aromatic heterocycles. The first-order valence-corrected chi connectivity index (χ1v) is 4.25. The van der Waals surface area contributed by atoms with Crippen molar-refractivity contribution in [2.45, 2.75) is 6.54 Å². The van der Waals surface area contributed by atoms with E-state index in [1.54, 1.807) is 0 Å². The molecule has 0 aliphatic rings. The minimum atomic E-state index is -0.904. The van der Waals surface area contributed by atoms with Gasteiger partial charge in [-0.05, 0) is 5.56 Å². The third kappa shape index (κ3) is 4.56. The topological polar surface area (TPSA) is 73.4 Å². The molecule has 1 aromatic rings. The highest BCUT2D eigenvalue weighted by molar-refractivity contribution is 5.68. The Kier molecular flexibility index (Phi) is 4.63. The molecule has 1 rings (SSSR count). The van der Waals surface area contributed by atoms with Crippen molar-refractivity contribution in [1.29, 1.82) is 0 Å². The summed E-state index contributed by atoms with van der Waals surface area (Å²) in [6.45, 7) is 0.509. The lowest BCUT2D eigenvalue weighted by Gasteiger charge is -2.06. The largest absolute Gasteiger partial charge is 0.480 e. The van der Waals surface area contributed by atoms with E-state index in [1.807, 2.05) is 30.3 Å². The quantitative estimate of drug-likeness (QED) is 0.376. The molecule has 0 amide bonds. The number of aliphatic carboxylic acids is 1. The van der Waals surface area contributed by atoms with Crippen LogP contribution in [0.1, 0.15) is 5.56 Å². The first-order valence-electron chi connectivity index (χ1n) is 4.25. The van der Waals surface area contributed by atoms with E-state index in [2.05, 4.69) is 16.4 Å². The molecule has 0 saturated carbocycles. The van der Waals surface area contributed by atoms with Gasteiger partial charge in [0.2, 0.25) is 0 Å². The van der Waals surface area contributed by atoms with E-state index in [9.17, 15) is 4.79 Å². The zero-order valence-corrected chi connectivity index (χ0v) is 7.66. The molecule has 1 aromatic carbocycles. The highest BCUT2D eigenvalue weighted by Gasteiger charge is 1.93. The molecule has 0 radical (unpaired) electrons. The van der Waals surface area contributed by atoms with E-state index >= 15 is 0 Å². The summed E-state index contributed by atoms with van der Waals surface area (Å²) in [6.07, 6.45) is 0. The third-order valence-corrected chi connectivity index (χ3v) is 1.55. The molecule has 0 unspecified atom stereocenters. The molecule has 0 heterocycles. The van der Waals surface area contributed by atoms with E-state index in [1.165, 1.54) is 0 Å². The first-order chi connectivity index (χ1) is 6.79. The van der Waals surface area contributed by atoms with E-state index in [0.717, 1.165) is 5.56 Å².